The maximum absolute atomic E-state index is 5.55. The third kappa shape index (κ3) is 0.659. The van der Waals surface area contributed by atoms with Gasteiger partial charge >= 0.3 is 0 Å². The molecule has 0 saturated carbocycles. The summed E-state index contributed by atoms with van der Waals surface area (Å²) in [7, 11) is 9.27. The second-order valence-corrected chi connectivity index (χ2v) is 1.88. The summed E-state index contributed by atoms with van der Waals surface area (Å²) in [4.78, 5) is 1.83. The Hall–Kier alpha value is -0.665. The topological polar surface area (TPSA) is 18.8 Å². The fourth-order valence-electron chi connectivity index (χ4n) is 0.563. The number of hydrogen-bond donors (Lipinski definition) is 0. The van der Waals surface area contributed by atoms with Gasteiger partial charge in [0.1, 0.15) is 14.2 Å². The Morgan fingerprint density at radius 2 is 2.25 bits per heavy atom. The van der Waals surface area contributed by atoms with Gasteiger partial charge in [0.15, 0.2) is 0 Å². The van der Waals surface area contributed by atoms with Crippen molar-refractivity contribution in [1.29, 1.82) is 0 Å². The number of hydrazone groups is 1. The van der Waals surface area contributed by atoms with E-state index >= 15 is 0 Å². The van der Waals surface area contributed by atoms with Crippen LogP contribution in [0.2, 0.25) is 0 Å². The summed E-state index contributed by atoms with van der Waals surface area (Å²) in [5.41, 5.74) is 0. The van der Waals surface area contributed by atoms with Gasteiger partial charge < -0.3 is 4.90 Å². The van der Waals surface area contributed by atoms with Crippen LogP contribution in [0.15, 0.2) is 5.10 Å². The highest BCUT2D eigenvalue weighted by Crippen LogP contribution is 2.01. The Morgan fingerprint density at radius 3 is 2.38 bits per heavy atom. The van der Waals surface area contributed by atoms with Gasteiger partial charge in [-0.25, -0.2) is 0 Å². The minimum atomic E-state index is -0.0741. The van der Waals surface area contributed by atoms with E-state index in [0.717, 1.165) is 0 Å². The minimum Gasteiger partial charge on any atom is -0.351 e. The molecule has 1 atom stereocenters. The Bertz CT molecular complexity index is 102. The molecule has 1 heterocycles. The average Bonchev–Trinajstić information content (AvgIpc) is 1.98. The van der Waals surface area contributed by atoms with Crippen molar-refractivity contribution in [1.82, 2.24) is 9.91 Å². The molecule has 0 spiro atoms. The summed E-state index contributed by atoms with van der Waals surface area (Å²) >= 11 is 0. The van der Waals surface area contributed by atoms with Crippen molar-refractivity contribution >= 4 is 14.2 Å². The minimum absolute atomic E-state index is 0.0741. The van der Waals surface area contributed by atoms with Crippen LogP contribution in [0, 0.1) is 0 Å². The quantitative estimate of drug-likeness (QED) is 0.381. The molecular weight excluding hydrogens is 101 g/mol. The molecule has 8 heavy (non-hydrogen) atoms. The van der Waals surface area contributed by atoms with Crippen LogP contribution in [0.1, 0.15) is 0 Å². The van der Waals surface area contributed by atoms with Crippen LogP contribution in [0.25, 0.3) is 0 Å². The molecule has 0 amide bonds. The molecular formula is C4H8BN3. The SMILES string of the molecule is [B]C1N(C)C=NN1C. The smallest absolute Gasteiger partial charge is 0.132 e. The van der Waals surface area contributed by atoms with E-state index in [2.05, 4.69) is 5.10 Å². The van der Waals surface area contributed by atoms with E-state index in [1.54, 1.807) is 11.3 Å². The highest BCUT2D eigenvalue weighted by atomic mass is 15.6. The second-order valence-electron chi connectivity index (χ2n) is 1.88. The lowest BCUT2D eigenvalue weighted by atomic mass is 10.1. The lowest BCUT2D eigenvalue weighted by Crippen LogP contribution is -2.35. The van der Waals surface area contributed by atoms with Gasteiger partial charge in [0.05, 0.1) is 6.07 Å². The number of rotatable bonds is 0. The van der Waals surface area contributed by atoms with Gasteiger partial charge in [0, 0.05) is 14.1 Å². The average molecular weight is 109 g/mol. The third-order valence-electron chi connectivity index (χ3n) is 1.22. The van der Waals surface area contributed by atoms with E-state index in [1.165, 1.54) is 0 Å². The van der Waals surface area contributed by atoms with Gasteiger partial charge in [-0.15, -0.1) is 0 Å². The van der Waals surface area contributed by atoms with Crippen molar-refractivity contribution in [2.75, 3.05) is 14.1 Å². The second kappa shape index (κ2) is 1.69. The summed E-state index contributed by atoms with van der Waals surface area (Å²) < 4.78 is 0. The standard InChI is InChI=1S/C4H8BN3/c1-7-3-6-8(2)4(7)5/h3-4H,1-2H3. The van der Waals surface area contributed by atoms with Gasteiger partial charge in [0.2, 0.25) is 0 Å². The van der Waals surface area contributed by atoms with Gasteiger partial charge in [-0.1, -0.05) is 0 Å². The first kappa shape index (κ1) is 5.47. The number of nitrogens with zero attached hydrogens (tertiary/aromatic N) is 3. The highest BCUT2D eigenvalue weighted by molar-refractivity contribution is 6.12. The van der Waals surface area contributed by atoms with Crippen molar-refractivity contribution in [3.05, 3.63) is 0 Å². The summed E-state index contributed by atoms with van der Waals surface area (Å²) in [6.07, 6.45) is 1.70. The Morgan fingerprint density at radius 1 is 1.62 bits per heavy atom. The molecule has 1 unspecified atom stereocenters. The van der Waals surface area contributed by atoms with Crippen LogP contribution in [-0.4, -0.2) is 44.3 Å². The van der Waals surface area contributed by atoms with Gasteiger partial charge in [-0.05, 0) is 0 Å². The molecule has 1 aliphatic heterocycles. The monoisotopic (exact) mass is 109 g/mol. The molecule has 0 N–H and O–H groups in total. The third-order valence-corrected chi connectivity index (χ3v) is 1.22. The first-order valence-corrected chi connectivity index (χ1v) is 2.46. The van der Waals surface area contributed by atoms with Crippen molar-refractivity contribution < 1.29 is 0 Å². The molecule has 0 aromatic carbocycles. The largest absolute Gasteiger partial charge is 0.351 e. The predicted molar refractivity (Wildman–Crippen MR) is 33.6 cm³/mol. The van der Waals surface area contributed by atoms with Gasteiger partial charge in [-0.2, -0.15) is 5.10 Å². The first-order chi connectivity index (χ1) is 3.72. The van der Waals surface area contributed by atoms with Crippen LogP contribution < -0.4 is 0 Å². The summed E-state index contributed by atoms with van der Waals surface area (Å²) in [6.45, 7) is 0. The molecule has 0 bridgehead atoms. The first-order valence-electron chi connectivity index (χ1n) is 2.46. The zero-order valence-electron chi connectivity index (χ0n) is 5.07. The van der Waals surface area contributed by atoms with E-state index in [1.807, 2.05) is 19.0 Å². The molecule has 1 rings (SSSR count). The maximum Gasteiger partial charge on any atom is 0.132 e. The van der Waals surface area contributed by atoms with Crippen molar-refractivity contribution in [2.45, 2.75) is 6.07 Å². The lowest BCUT2D eigenvalue weighted by Gasteiger charge is -2.20. The van der Waals surface area contributed by atoms with Gasteiger partial charge in [-0.3, -0.25) is 5.01 Å². The number of hydrogen-bond acceptors (Lipinski definition) is 3. The predicted octanol–water partition coefficient (Wildman–Crippen LogP) is -0.741. The maximum atomic E-state index is 5.55. The van der Waals surface area contributed by atoms with E-state index in [0.29, 0.717) is 0 Å². The summed E-state index contributed by atoms with van der Waals surface area (Å²) in [6, 6.07) is -0.0741. The van der Waals surface area contributed by atoms with E-state index < -0.39 is 0 Å². The molecule has 0 aromatic rings. The van der Waals surface area contributed by atoms with Crippen LogP contribution >= 0.6 is 0 Å². The zero-order chi connectivity index (χ0) is 6.15. The Kier molecular flexibility index (Phi) is 1.15. The fraction of sp³-hybridized carbons (Fsp3) is 0.750. The molecule has 0 aromatic heterocycles. The van der Waals surface area contributed by atoms with E-state index in [-0.39, 0.29) is 6.07 Å². The summed E-state index contributed by atoms with van der Waals surface area (Å²) in [5.74, 6) is 0. The Balaban J connectivity index is 2.55. The van der Waals surface area contributed by atoms with Crippen molar-refractivity contribution in [3.8, 4) is 0 Å². The van der Waals surface area contributed by atoms with Crippen molar-refractivity contribution in [3.63, 3.8) is 0 Å². The van der Waals surface area contributed by atoms with Gasteiger partial charge in [0.25, 0.3) is 0 Å². The summed E-state index contributed by atoms with van der Waals surface area (Å²) in [5, 5.41) is 5.60. The van der Waals surface area contributed by atoms with E-state index in [4.69, 9.17) is 7.85 Å². The van der Waals surface area contributed by atoms with Crippen molar-refractivity contribution in [2.24, 2.45) is 5.10 Å². The molecule has 0 saturated heterocycles. The Labute approximate surface area is 50.4 Å². The molecule has 3 nitrogen and oxygen atoms in total. The fourth-order valence-corrected chi connectivity index (χ4v) is 0.563. The zero-order valence-corrected chi connectivity index (χ0v) is 5.07. The molecule has 1 aliphatic rings. The van der Waals surface area contributed by atoms with E-state index in [9.17, 15) is 0 Å². The highest BCUT2D eigenvalue weighted by Gasteiger charge is 2.13. The molecule has 2 radical (unpaired) electrons. The van der Waals surface area contributed by atoms with Crippen LogP contribution in [0.3, 0.4) is 0 Å². The lowest BCUT2D eigenvalue weighted by molar-refractivity contribution is 0.261. The molecule has 4 heteroatoms. The van der Waals surface area contributed by atoms with Crippen LogP contribution in [0.5, 0.6) is 0 Å². The van der Waals surface area contributed by atoms with Crippen LogP contribution in [0.4, 0.5) is 0 Å². The normalized spacial score (nSPS) is 27.5. The van der Waals surface area contributed by atoms with Crippen LogP contribution in [-0.2, 0) is 0 Å². The molecule has 0 aliphatic carbocycles. The molecule has 0 fully saturated rings. The molecule has 42 valence electrons.